The number of rotatable bonds is 2. The molecule has 2 aliphatic heterocycles. The fourth-order valence-corrected chi connectivity index (χ4v) is 4.12. The number of carbonyl (C=O) groups excluding carboxylic acids is 2. The summed E-state index contributed by atoms with van der Waals surface area (Å²) in [4.78, 5) is 29.9. The Kier molecular flexibility index (Phi) is 4.17. The Bertz CT molecular complexity index is 906. The zero-order chi connectivity index (χ0) is 19.2. The van der Waals surface area contributed by atoms with Gasteiger partial charge in [-0.3, -0.25) is 14.5 Å². The van der Waals surface area contributed by atoms with Crippen LogP contribution < -0.4 is 15.1 Å². The molecular formula is C22H25N3O2. The van der Waals surface area contributed by atoms with Crippen molar-refractivity contribution in [3.63, 3.8) is 0 Å². The number of para-hydroxylation sites is 3. The largest absolute Gasteiger partial charge is 0.359 e. The first-order chi connectivity index (χ1) is 12.9. The van der Waals surface area contributed by atoms with Gasteiger partial charge in [-0.25, -0.2) is 0 Å². The van der Waals surface area contributed by atoms with Crippen LogP contribution in [-0.2, 0) is 16.0 Å². The monoisotopic (exact) mass is 363 g/mol. The lowest BCUT2D eigenvalue weighted by molar-refractivity contribution is -0.126. The molecule has 5 nitrogen and oxygen atoms in total. The summed E-state index contributed by atoms with van der Waals surface area (Å²) in [5, 5.41) is 2.92. The summed E-state index contributed by atoms with van der Waals surface area (Å²) >= 11 is 0. The quantitative estimate of drug-likeness (QED) is 0.887. The SMILES string of the molecule is CC1CCc2ccccc2N1CC(=O)N1c2ccccc2NC(=O)C1(C)C. The summed E-state index contributed by atoms with van der Waals surface area (Å²) in [5.74, 6) is -0.229. The van der Waals surface area contributed by atoms with Crippen molar-refractivity contribution in [3.05, 3.63) is 54.1 Å². The molecule has 0 saturated carbocycles. The molecular weight excluding hydrogens is 338 g/mol. The minimum atomic E-state index is -0.940. The zero-order valence-corrected chi connectivity index (χ0v) is 16.0. The highest BCUT2D eigenvalue weighted by Crippen LogP contribution is 2.37. The topological polar surface area (TPSA) is 52.7 Å². The minimum absolute atomic E-state index is 0.0640. The van der Waals surface area contributed by atoms with Crippen LogP contribution in [0.15, 0.2) is 48.5 Å². The van der Waals surface area contributed by atoms with E-state index in [0.29, 0.717) is 5.69 Å². The lowest BCUT2D eigenvalue weighted by Gasteiger charge is -2.44. The van der Waals surface area contributed by atoms with Crippen molar-refractivity contribution in [3.8, 4) is 0 Å². The predicted octanol–water partition coefficient (Wildman–Crippen LogP) is 3.59. The van der Waals surface area contributed by atoms with Gasteiger partial charge in [-0.05, 0) is 57.4 Å². The van der Waals surface area contributed by atoms with Crippen molar-refractivity contribution in [1.82, 2.24) is 0 Å². The third kappa shape index (κ3) is 2.87. The number of aryl methyl sites for hydroxylation is 1. The van der Waals surface area contributed by atoms with E-state index in [1.807, 2.05) is 36.4 Å². The number of nitrogens with zero attached hydrogens (tertiary/aromatic N) is 2. The van der Waals surface area contributed by atoms with Crippen molar-refractivity contribution in [2.45, 2.75) is 45.2 Å². The van der Waals surface area contributed by atoms with Crippen LogP contribution >= 0.6 is 0 Å². The van der Waals surface area contributed by atoms with Crippen LogP contribution in [0.5, 0.6) is 0 Å². The van der Waals surface area contributed by atoms with Gasteiger partial charge in [0.1, 0.15) is 5.54 Å². The third-order valence-corrected chi connectivity index (χ3v) is 5.73. The van der Waals surface area contributed by atoms with Gasteiger partial charge < -0.3 is 10.2 Å². The first kappa shape index (κ1) is 17.6. The highest BCUT2D eigenvalue weighted by molar-refractivity contribution is 6.14. The Morgan fingerprint density at radius 3 is 2.56 bits per heavy atom. The van der Waals surface area contributed by atoms with Crippen LogP contribution in [-0.4, -0.2) is 29.9 Å². The van der Waals surface area contributed by atoms with E-state index in [0.717, 1.165) is 24.2 Å². The number of fused-ring (bicyclic) bond motifs is 2. The first-order valence-electron chi connectivity index (χ1n) is 9.47. The van der Waals surface area contributed by atoms with Crippen molar-refractivity contribution in [1.29, 1.82) is 0 Å². The molecule has 1 atom stereocenters. The fourth-order valence-electron chi connectivity index (χ4n) is 4.12. The van der Waals surface area contributed by atoms with Gasteiger partial charge in [-0.15, -0.1) is 0 Å². The number of hydrogen-bond donors (Lipinski definition) is 1. The summed E-state index contributed by atoms with van der Waals surface area (Å²) < 4.78 is 0. The van der Waals surface area contributed by atoms with E-state index < -0.39 is 5.54 Å². The molecule has 2 amide bonds. The Hall–Kier alpha value is -2.82. The molecule has 0 aliphatic carbocycles. The summed E-state index contributed by atoms with van der Waals surface area (Å²) in [7, 11) is 0. The first-order valence-corrected chi connectivity index (χ1v) is 9.47. The molecule has 0 fully saturated rings. The summed E-state index contributed by atoms with van der Waals surface area (Å²) in [5.41, 5.74) is 2.90. The molecule has 1 unspecified atom stereocenters. The van der Waals surface area contributed by atoms with Gasteiger partial charge in [0.05, 0.1) is 17.9 Å². The summed E-state index contributed by atoms with van der Waals surface area (Å²) in [6, 6.07) is 16.0. The van der Waals surface area contributed by atoms with Crippen molar-refractivity contribution < 1.29 is 9.59 Å². The predicted molar refractivity (Wildman–Crippen MR) is 108 cm³/mol. The maximum atomic E-state index is 13.4. The molecule has 2 aromatic carbocycles. The second kappa shape index (κ2) is 6.41. The second-order valence-corrected chi connectivity index (χ2v) is 7.90. The number of hydrogen-bond acceptors (Lipinski definition) is 3. The van der Waals surface area contributed by atoms with E-state index >= 15 is 0 Å². The van der Waals surface area contributed by atoms with Gasteiger partial charge in [0.2, 0.25) is 11.8 Å². The fraction of sp³-hybridized carbons (Fsp3) is 0.364. The molecule has 4 rings (SSSR count). The van der Waals surface area contributed by atoms with Crippen LogP contribution in [0.2, 0.25) is 0 Å². The zero-order valence-electron chi connectivity index (χ0n) is 16.0. The van der Waals surface area contributed by atoms with E-state index in [1.54, 1.807) is 18.7 Å². The smallest absolute Gasteiger partial charge is 0.250 e. The maximum Gasteiger partial charge on any atom is 0.250 e. The Morgan fingerprint density at radius 2 is 1.78 bits per heavy atom. The van der Waals surface area contributed by atoms with Gasteiger partial charge in [0.25, 0.3) is 0 Å². The molecule has 0 radical (unpaired) electrons. The average molecular weight is 363 g/mol. The van der Waals surface area contributed by atoms with Crippen molar-refractivity contribution in [2.75, 3.05) is 21.7 Å². The number of amides is 2. The van der Waals surface area contributed by atoms with Gasteiger partial charge in [-0.1, -0.05) is 30.3 Å². The Balaban J connectivity index is 1.70. The van der Waals surface area contributed by atoms with Crippen LogP contribution in [0.25, 0.3) is 0 Å². The standard InChI is InChI=1S/C22H25N3O2/c1-15-12-13-16-8-4-6-10-18(16)24(15)14-20(26)25-19-11-7-5-9-17(19)23-21(27)22(25,2)3/h4-11,15H,12-14H2,1-3H3,(H,23,27). The normalized spacial score (nSPS) is 20.6. The van der Waals surface area contributed by atoms with Crippen LogP contribution in [0.1, 0.15) is 32.8 Å². The van der Waals surface area contributed by atoms with Gasteiger partial charge in [0.15, 0.2) is 0 Å². The van der Waals surface area contributed by atoms with E-state index in [-0.39, 0.29) is 24.4 Å². The molecule has 2 aromatic rings. The molecule has 27 heavy (non-hydrogen) atoms. The molecule has 1 N–H and O–H groups in total. The molecule has 2 aliphatic rings. The molecule has 140 valence electrons. The van der Waals surface area contributed by atoms with E-state index in [9.17, 15) is 9.59 Å². The average Bonchev–Trinajstić information content (AvgIpc) is 2.65. The van der Waals surface area contributed by atoms with Crippen molar-refractivity contribution in [2.24, 2.45) is 0 Å². The Morgan fingerprint density at radius 1 is 1.11 bits per heavy atom. The second-order valence-electron chi connectivity index (χ2n) is 7.90. The van der Waals surface area contributed by atoms with E-state index in [2.05, 4.69) is 29.3 Å². The lowest BCUT2D eigenvalue weighted by atomic mass is 9.94. The van der Waals surface area contributed by atoms with Gasteiger partial charge in [-0.2, -0.15) is 0 Å². The number of anilines is 3. The highest BCUT2D eigenvalue weighted by Gasteiger charge is 2.44. The van der Waals surface area contributed by atoms with Crippen molar-refractivity contribution >= 4 is 28.9 Å². The molecule has 5 heteroatoms. The van der Waals surface area contributed by atoms with Gasteiger partial charge in [0, 0.05) is 11.7 Å². The highest BCUT2D eigenvalue weighted by atomic mass is 16.2. The maximum absolute atomic E-state index is 13.4. The molecule has 0 aromatic heterocycles. The summed E-state index contributed by atoms with van der Waals surface area (Å²) in [6.45, 7) is 6.00. The number of benzene rings is 2. The third-order valence-electron chi connectivity index (χ3n) is 5.73. The minimum Gasteiger partial charge on any atom is -0.359 e. The van der Waals surface area contributed by atoms with Crippen LogP contribution in [0.3, 0.4) is 0 Å². The lowest BCUT2D eigenvalue weighted by Crippen LogP contribution is -2.60. The molecule has 2 heterocycles. The van der Waals surface area contributed by atoms with Crippen LogP contribution in [0, 0.1) is 0 Å². The van der Waals surface area contributed by atoms with E-state index in [4.69, 9.17) is 0 Å². The Labute approximate surface area is 160 Å². The molecule has 0 bridgehead atoms. The number of carbonyl (C=O) groups is 2. The number of nitrogens with one attached hydrogen (secondary N) is 1. The summed E-state index contributed by atoms with van der Waals surface area (Å²) in [6.07, 6.45) is 2.05. The molecule has 0 spiro atoms. The van der Waals surface area contributed by atoms with Crippen LogP contribution in [0.4, 0.5) is 17.1 Å². The van der Waals surface area contributed by atoms with Gasteiger partial charge >= 0.3 is 0 Å². The van der Waals surface area contributed by atoms with E-state index in [1.165, 1.54) is 5.56 Å². The molecule has 0 saturated heterocycles.